The maximum Gasteiger partial charge on any atom is 0.145 e. The van der Waals surface area contributed by atoms with Crippen LogP contribution in [0.2, 0.25) is 0 Å². The third-order valence-electron chi connectivity index (χ3n) is 26.0. The Kier molecular flexibility index (Phi) is 19.4. The van der Waals surface area contributed by atoms with Crippen LogP contribution < -0.4 is 0 Å². The lowest BCUT2D eigenvalue weighted by Gasteiger charge is -2.23. The molecule has 0 bridgehead atoms. The molecule has 19 aromatic carbocycles. The highest BCUT2D eigenvalue weighted by Crippen LogP contribution is 2.51. The molecule has 0 spiro atoms. The van der Waals surface area contributed by atoms with Gasteiger partial charge in [-0.3, -0.25) is 9.13 Å². The summed E-state index contributed by atoms with van der Waals surface area (Å²) in [5.74, 6) is 3.58. The van der Waals surface area contributed by atoms with Crippen molar-refractivity contribution in [2.75, 3.05) is 0 Å². The third kappa shape index (κ3) is 13.1. The first-order valence-corrected chi connectivity index (χ1v) is 44.5. The molecule has 0 radical (unpaired) electrons. The zero-order valence-electron chi connectivity index (χ0n) is 71.7. The van der Waals surface area contributed by atoms with Gasteiger partial charge in [-0.25, -0.2) is 19.9 Å². The summed E-state index contributed by atoms with van der Waals surface area (Å²) in [6.45, 7) is 12.6. The van der Waals surface area contributed by atoms with Gasteiger partial charge in [-0.1, -0.05) is 365 Å². The molecule has 610 valence electrons. The molecule has 4 aromatic heterocycles. The SMILES string of the molecule is C=C/C=C(/c1ccccc1-n1c(-c2ccccc2)nc2ccccc21)c1cc2c(-c3ccccc3-n3c(-c4cccc(-c5cccc(-c6nc7c(-c8ccccc8-c8cccc9c(-c%10ccccc%10)c%10cccc(-c%11ccccc%11-c%11cccc%12c%11nc(-c%11ccccc%11)n%12CC)c%10cc89)cccc7n6CC)c5)c4)nc4ccccc43)cccc2c(-c2ccccc2)c1C. The van der Waals surface area contributed by atoms with Gasteiger partial charge in [-0.2, -0.15) is 0 Å². The van der Waals surface area contributed by atoms with E-state index < -0.39 is 0 Å². The summed E-state index contributed by atoms with van der Waals surface area (Å²) in [5.41, 5.74) is 36.5. The van der Waals surface area contributed by atoms with E-state index in [1.807, 2.05) is 6.08 Å². The fourth-order valence-corrected chi connectivity index (χ4v) is 20.3. The highest BCUT2D eigenvalue weighted by Gasteiger charge is 2.29. The Hall–Kier alpha value is -16.7. The molecule has 0 saturated carbocycles. The predicted octanol–water partition coefficient (Wildman–Crippen LogP) is 31.5. The number of rotatable bonds is 19. The number of para-hydroxylation sites is 8. The van der Waals surface area contributed by atoms with Crippen molar-refractivity contribution in [1.82, 2.24) is 38.2 Å². The monoisotopic (exact) mass is 1650 g/mol. The van der Waals surface area contributed by atoms with E-state index in [1.54, 1.807) is 0 Å². The van der Waals surface area contributed by atoms with Gasteiger partial charge in [0.1, 0.15) is 23.3 Å². The predicted molar refractivity (Wildman–Crippen MR) is 540 cm³/mol. The highest BCUT2D eigenvalue weighted by atomic mass is 15.1. The van der Waals surface area contributed by atoms with Crippen molar-refractivity contribution < 1.29 is 0 Å². The van der Waals surface area contributed by atoms with Crippen molar-refractivity contribution in [3.63, 3.8) is 0 Å². The Bertz CT molecular complexity index is 8410. The normalized spacial score (nSPS) is 11.8. The summed E-state index contributed by atoms with van der Waals surface area (Å²) in [4.78, 5) is 22.2. The van der Waals surface area contributed by atoms with Crippen molar-refractivity contribution in [2.24, 2.45) is 0 Å². The number of aryl methyl sites for hydroxylation is 2. The van der Waals surface area contributed by atoms with Crippen LogP contribution in [-0.4, -0.2) is 38.2 Å². The van der Waals surface area contributed by atoms with E-state index in [-0.39, 0.29) is 0 Å². The van der Waals surface area contributed by atoms with E-state index in [4.69, 9.17) is 19.9 Å². The van der Waals surface area contributed by atoms with Gasteiger partial charge in [0, 0.05) is 57.6 Å². The highest BCUT2D eigenvalue weighted by molar-refractivity contribution is 6.21. The molecule has 0 amide bonds. The molecule has 0 aliphatic carbocycles. The van der Waals surface area contributed by atoms with E-state index in [2.05, 4.69) is 470 Å². The van der Waals surface area contributed by atoms with Crippen LogP contribution in [-0.2, 0) is 13.1 Å². The lowest BCUT2D eigenvalue weighted by atomic mass is 9.83. The van der Waals surface area contributed by atoms with Crippen LogP contribution in [0.3, 0.4) is 0 Å². The molecule has 8 heteroatoms. The van der Waals surface area contributed by atoms with E-state index in [0.29, 0.717) is 6.54 Å². The van der Waals surface area contributed by atoms with E-state index in [1.165, 1.54) is 32.7 Å². The molecule has 0 fully saturated rings. The van der Waals surface area contributed by atoms with E-state index >= 15 is 0 Å². The number of imidazole rings is 4. The second kappa shape index (κ2) is 32.5. The minimum atomic E-state index is 0.709. The molecule has 0 saturated heterocycles. The van der Waals surface area contributed by atoms with E-state index in [9.17, 15) is 0 Å². The largest absolute Gasteiger partial charge is 0.324 e. The van der Waals surface area contributed by atoms with Gasteiger partial charge < -0.3 is 9.13 Å². The van der Waals surface area contributed by atoms with Crippen molar-refractivity contribution in [2.45, 2.75) is 33.9 Å². The second-order valence-electron chi connectivity index (χ2n) is 33.2. The second-order valence-corrected chi connectivity index (χ2v) is 33.2. The standard InChI is InChI=1S/C121H86N8/c1-5-39-87(95-56-24-28-68-108(95)128-110-70-30-26-66-106(110)122-120(128)82-46-18-11-19-47-82)102-76-103-94(60-36-61-97(103)114(78(102)4)79-40-12-8-13-41-79)96-57-25-29-69-109(96)129-111-71-31-27-67-107(111)123-121(129)86-51-33-49-84(75-86)83-48-32-50-85(74-83)119-125-117-101(65-38-73-113(117)127(119)7-3)91-55-23-21-53-89(91)93-59-35-63-99-105(93)77-104-92(58-34-62-98(104)115(99)80-42-14-9-15-43-80)88-52-20-22-54-90(88)100-64-37-72-112-116(100)124-118(126(112)6-2)81-44-16-10-17-45-81/h5,8-77H,1,6-7H2,2-4H3/b87-39-. The van der Waals surface area contributed by atoms with E-state index in [0.717, 1.165) is 219 Å². The van der Waals surface area contributed by atoms with Crippen molar-refractivity contribution in [1.29, 1.82) is 0 Å². The molecule has 23 aromatic rings. The molecule has 0 aliphatic rings. The topological polar surface area (TPSA) is 71.3 Å². The first-order chi connectivity index (χ1) is 63.8. The van der Waals surface area contributed by atoms with Gasteiger partial charge in [0.05, 0.1) is 55.5 Å². The van der Waals surface area contributed by atoms with Gasteiger partial charge in [-0.15, -0.1) is 0 Å². The Labute approximate surface area is 749 Å². The molecule has 129 heavy (non-hydrogen) atoms. The zero-order valence-corrected chi connectivity index (χ0v) is 71.7. The summed E-state index contributed by atoms with van der Waals surface area (Å²) in [7, 11) is 0. The number of fused-ring (bicyclic) bond motifs is 7. The van der Waals surface area contributed by atoms with Crippen molar-refractivity contribution in [3.8, 4) is 146 Å². The average Bonchev–Trinajstić information content (AvgIpc) is 1.19. The summed E-state index contributed by atoms with van der Waals surface area (Å²) < 4.78 is 9.42. The quantitative estimate of drug-likeness (QED) is 0.0597. The van der Waals surface area contributed by atoms with Gasteiger partial charge >= 0.3 is 0 Å². The smallest absolute Gasteiger partial charge is 0.145 e. The summed E-state index contributed by atoms with van der Waals surface area (Å²) in [5, 5.41) is 6.99. The van der Waals surface area contributed by atoms with Crippen LogP contribution in [0.25, 0.3) is 228 Å². The fraction of sp³-hybridized carbons (Fsp3) is 0.0413. The Morgan fingerprint density at radius 2 is 0.597 bits per heavy atom. The lowest BCUT2D eigenvalue weighted by Crippen LogP contribution is -2.04. The maximum absolute atomic E-state index is 5.80. The van der Waals surface area contributed by atoms with Crippen LogP contribution in [0.4, 0.5) is 0 Å². The Morgan fingerprint density at radius 1 is 0.256 bits per heavy atom. The molecule has 4 heterocycles. The first-order valence-electron chi connectivity index (χ1n) is 44.5. The first kappa shape index (κ1) is 77.1. The number of hydrogen-bond acceptors (Lipinski definition) is 4. The average molecular weight is 1650 g/mol. The summed E-state index contributed by atoms with van der Waals surface area (Å²) in [6, 6.07) is 152. The van der Waals surface area contributed by atoms with Crippen LogP contribution in [0.15, 0.2) is 437 Å². The molecule has 0 aliphatic heterocycles. The number of nitrogens with zero attached hydrogens (tertiary/aromatic N) is 8. The van der Waals surface area contributed by atoms with Crippen LogP contribution in [0, 0.1) is 6.92 Å². The molecule has 0 atom stereocenters. The zero-order chi connectivity index (χ0) is 86.2. The van der Waals surface area contributed by atoms with Crippen LogP contribution in [0.1, 0.15) is 30.5 Å². The van der Waals surface area contributed by atoms with Crippen LogP contribution >= 0.6 is 0 Å². The summed E-state index contributed by atoms with van der Waals surface area (Å²) >= 11 is 0. The van der Waals surface area contributed by atoms with Crippen LogP contribution in [0.5, 0.6) is 0 Å². The van der Waals surface area contributed by atoms with Gasteiger partial charge in [0.25, 0.3) is 0 Å². The number of allylic oxidation sites excluding steroid dienone is 2. The van der Waals surface area contributed by atoms with Crippen molar-refractivity contribution in [3.05, 3.63) is 454 Å². The third-order valence-corrected chi connectivity index (χ3v) is 26.0. The van der Waals surface area contributed by atoms with Gasteiger partial charge in [-0.05, 0) is 215 Å². The van der Waals surface area contributed by atoms with Gasteiger partial charge in [0.2, 0.25) is 0 Å². The maximum atomic E-state index is 5.80. The Balaban J connectivity index is 0.625. The molecule has 0 N–H and O–H groups in total. The number of aromatic nitrogens is 8. The Morgan fingerprint density at radius 3 is 1.12 bits per heavy atom. The minimum Gasteiger partial charge on any atom is -0.324 e. The number of benzene rings is 19. The molecular weight excluding hydrogens is 1570 g/mol. The summed E-state index contributed by atoms with van der Waals surface area (Å²) in [6.07, 6.45) is 4.11. The fourth-order valence-electron chi connectivity index (χ4n) is 20.3. The molecule has 23 rings (SSSR count). The minimum absolute atomic E-state index is 0.709. The van der Waals surface area contributed by atoms with Gasteiger partial charge in [0.15, 0.2) is 0 Å². The number of hydrogen-bond donors (Lipinski definition) is 0. The molecule has 0 unspecified atom stereocenters. The lowest BCUT2D eigenvalue weighted by molar-refractivity contribution is 0.796. The molecular formula is C121H86N8. The molecule has 8 nitrogen and oxygen atoms in total. The van der Waals surface area contributed by atoms with Crippen molar-refractivity contribution >= 4 is 82.0 Å².